The third kappa shape index (κ3) is 2.53. The van der Waals surface area contributed by atoms with Crippen LogP contribution < -0.4 is 9.47 Å². The molecule has 1 unspecified atom stereocenters. The Kier molecular flexibility index (Phi) is 3.32. The third-order valence-electron chi connectivity index (χ3n) is 3.92. The van der Waals surface area contributed by atoms with Crippen LogP contribution in [0.15, 0.2) is 18.2 Å². The number of amides is 1. The Morgan fingerprint density at radius 3 is 2.95 bits per heavy atom. The quantitative estimate of drug-likeness (QED) is 0.780. The fourth-order valence-corrected chi connectivity index (χ4v) is 2.68. The molecule has 4 nitrogen and oxygen atoms in total. The molecule has 2 aliphatic rings. The fraction of sp³-hybridized carbons (Fsp3) is 0.533. The van der Waals surface area contributed by atoms with E-state index in [9.17, 15) is 4.79 Å². The van der Waals surface area contributed by atoms with E-state index in [1.165, 1.54) is 6.42 Å². The molecule has 0 spiro atoms. The van der Waals surface area contributed by atoms with Crippen LogP contribution in [0.25, 0.3) is 0 Å². The SMILES string of the molecule is CC1CCCN(C(=O)c2ccc3c(c2)OCO3)CC1. The van der Waals surface area contributed by atoms with Crippen LogP contribution in [0.3, 0.4) is 0 Å². The van der Waals surface area contributed by atoms with E-state index >= 15 is 0 Å². The molecule has 4 heteroatoms. The van der Waals surface area contributed by atoms with Crippen molar-refractivity contribution < 1.29 is 14.3 Å². The molecule has 2 heterocycles. The molecule has 1 aromatic rings. The molecule has 1 saturated heterocycles. The van der Waals surface area contributed by atoms with Crippen molar-refractivity contribution >= 4 is 5.91 Å². The number of hydrogen-bond donors (Lipinski definition) is 0. The number of nitrogens with zero attached hydrogens (tertiary/aromatic N) is 1. The molecule has 1 atom stereocenters. The minimum atomic E-state index is 0.104. The van der Waals surface area contributed by atoms with Gasteiger partial charge in [0.25, 0.3) is 5.91 Å². The highest BCUT2D eigenvalue weighted by molar-refractivity contribution is 5.95. The predicted molar refractivity (Wildman–Crippen MR) is 71.5 cm³/mol. The number of likely N-dealkylation sites (tertiary alicyclic amines) is 1. The smallest absolute Gasteiger partial charge is 0.253 e. The van der Waals surface area contributed by atoms with Gasteiger partial charge in [-0.25, -0.2) is 0 Å². The molecule has 0 aromatic heterocycles. The molecule has 19 heavy (non-hydrogen) atoms. The van der Waals surface area contributed by atoms with Gasteiger partial charge < -0.3 is 14.4 Å². The summed E-state index contributed by atoms with van der Waals surface area (Å²) < 4.78 is 10.6. The van der Waals surface area contributed by atoms with Crippen LogP contribution in [0, 0.1) is 5.92 Å². The van der Waals surface area contributed by atoms with Gasteiger partial charge in [-0.2, -0.15) is 0 Å². The van der Waals surface area contributed by atoms with Gasteiger partial charge in [-0.3, -0.25) is 4.79 Å². The lowest BCUT2D eigenvalue weighted by molar-refractivity contribution is 0.0760. The van der Waals surface area contributed by atoms with Gasteiger partial charge in [-0.15, -0.1) is 0 Å². The average Bonchev–Trinajstić information content (AvgIpc) is 2.78. The zero-order valence-corrected chi connectivity index (χ0v) is 11.2. The van der Waals surface area contributed by atoms with E-state index in [0.717, 1.165) is 37.6 Å². The maximum absolute atomic E-state index is 12.5. The first-order valence-corrected chi connectivity index (χ1v) is 6.93. The average molecular weight is 261 g/mol. The molecule has 0 bridgehead atoms. The Morgan fingerprint density at radius 1 is 1.21 bits per heavy atom. The van der Waals surface area contributed by atoms with E-state index in [1.54, 1.807) is 6.07 Å². The summed E-state index contributed by atoms with van der Waals surface area (Å²) in [6, 6.07) is 5.43. The number of carbonyl (C=O) groups is 1. The monoisotopic (exact) mass is 261 g/mol. The number of hydrogen-bond acceptors (Lipinski definition) is 3. The van der Waals surface area contributed by atoms with Gasteiger partial charge in [0.2, 0.25) is 6.79 Å². The Balaban J connectivity index is 1.76. The van der Waals surface area contributed by atoms with E-state index < -0.39 is 0 Å². The van der Waals surface area contributed by atoms with E-state index in [1.807, 2.05) is 17.0 Å². The highest BCUT2D eigenvalue weighted by atomic mass is 16.7. The van der Waals surface area contributed by atoms with Crippen LogP contribution in [0.2, 0.25) is 0 Å². The van der Waals surface area contributed by atoms with Gasteiger partial charge in [0.1, 0.15) is 0 Å². The maximum Gasteiger partial charge on any atom is 0.253 e. The molecule has 3 rings (SSSR count). The summed E-state index contributed by atoms with van der Waals surface area (Å²) in [4.78, 5) is 14.4. The van der Waals surface area contributed by atoms with Crippen molar-refractivity contribution in [1.82, 2.24) is 4.90 Å². The van der Waals surface area contributed by atoms with Crippen molar-refractivity contribution in [3.63, 3.8) is 0 Å². The minimum Gasteiger partial charge on any atom is -0.454 e. The topological polar surface area (TPSA) is 38.8 Å². The first-order chi connectivity index (χ1) is 9.24. The lowest BCUT2D eigenvalue weighted by atomic mass is 10.0. The summed E-state index contributed by atoms with van der Waals surface area (Å²) >= 11 is 0. The van der Waals surface area contributed by atoms with Crippen molar-refractivity contribution in [2.24, 2.45) is 5.92 Å². The van der Waals surface area contributed by atoms with Crippen LogP contribution in [0.4, 0.5) is 0 Å². The van der Waals surface area contributed by atoms with Crippen LogP contribution in [0.5, 0.6) is 11.5 Å². The molecule has 0 aliphatic carbocycles. The number of fused-ring (bicyclic) bond motifs is 1. The number of benzene rings is 1. The Morgan fingerprint density at radius 2 is 2.05 bits per heavy atom. The van der Waals surface area contributed by atoms with E-state index in [4.69, 9.17) is 9.47 Å². The molecular formula is C15H19NO3. The first kappa shape index (κ1) is 12.3. The number of rotatable bonds is 1. The first-order valence-electron chi connectivity index (χ1n) is 6.93. The maximum atomic E-state index is 12.5. The summed E-state index contributed by atoms with van der Waals surface area (Å²) in [6.07, 6.45) is 3.40. The van der Waals surface area contributed by atoms with Gasteiger partial charge in [0.05, 0.1) is 0 Å². The lowest BCUT2D eigenvalue weighted by Gasteiger charge is -2.20. The van der Waals surface area contributed by atoms with E-state index in [0.29, 0.717) is 11.3 Å². The Labute approximate surface area is 113 Å². The van der Waals surface area contributed by atoms with Crippen molar-refractivity contribution in [2.75, 3.05) is 19.9 Å². The standard InChI is InChI=1S/C15H19NO3/c1-11-3-2-7-16(8-6-11)15(17)12-4-5-13-14(9-12)19-10-18-13/h4-5,9,11H,2-3,6-8,10H2,1H3. The Hall–Kier alpha value is -1.71. The molecule has 1 amide bonds. The highest BCUT2D eigenvalue weighted by Crippen LogP contribution is 2.33. The van der Waals surface area contributed by atoms with Crippen LogP contribution >= 0.6 is 0 Å². The molecule has 0 N–H and O–H groups in total. The van der Waals surface area contributed by atoms with Crippen molar-refractivity contribution in [3.8, 4) is 11.5 Å². The summed E-state index contributed by atoms with van der Waals surface area (Å²) in [6.45, 7) is 4.22. The van der Waals surface area contributed by atoms with Gasteiger partial charge in [-0.05, 0) is 43.4 Å². The minimum absolute atomic E-state index is 0.104. The van der Waals surface area contributed by atoms with Crippen molar-refractivity contribution in [2.45, 2.75) is 26.2 Å². The second-order valence-corrected chi connectivity index (χ2v) is 5.40. The van der Waals surface area contributed by atoms with Crippen molar-refractivity contribution in [3.05, 3.63) is 23.8 Å². The summed E-state index contributed by atoms with van der Waals surface area (Å²) in [5, 5.41) is 0. The predicted octanol–water partition coefficient (Wildman–Crippen LogP) is 2.68. The number of carbonyl (C=O) groups excluding carboxylic acids is 1. The lowest BCUT2D eigenvalue weighted by Crippen LogP contribution is -2.31. The largest absolute Gasteiger partial charge is 0.454 e. The van der Waals surface area contributed by atoms with Gasteiger partial charge >= 0.3 is 0 Å². The second kappa shape index (κ2) is 5.11. The van der Waals surface area contributed by atoms with Crippen molar-refractivity contribution in [1.29, 1.82) is 0 Å². The van der Waals surface area contributed by atoms with E-state index in [2.05, 4.69) is 6.92 Å². The summed E-state index contributed by atoms with van der Waals surface area (Å²) in [5.41, 5.74) is 0.693. The van der Waals surface area contributed by atoms with E-state index in [-0.39, 0.29) is 12.7 Å². The zero-order valence-electron chi connectivity index (χ0n) is 11.2. The summed E-state index contributed by atoms with van der Waals surface area (Å²) in [7, 11) is 0. The zero-order chi connectivity index (χ0) is 13.2. The highest BCUT2D eigenvalue weighted by Gasteiger charge is 2.22. The second-order valence-electron chi connectivity index (χ2n) is 5.40. The number of ether oxygens (including phenoxy) is 2. The Bertz CT molecular complexity index is 486. The third-order valence-corrected chi connectivity index (χ3v) is 3.92. The molecule has 0 radical (unpaired) electrons. The fourth-order valence-electron chi connectivity index (χ4n) is 2.68. The molecule has 1 fully saturated rings. The summed E-state index contributed by atoms with van der Waals surface area (Å²) in [5.74, 6) is 2.22. The molecule has 2 aliphatic heterocycles. The van der Waals surface area contributed by atoms with Crippen LogP contribution in [0.1, 0.15) is 36.5 Å². The van der Waals surface area contributed by atoms with Gasteiger partial charge in [0, 0.05) is 18.7 Å². The van der Waals surface area contributed by atoms with Crippen LogP contribution in [-0.4, -0.2) is 30.7 Å². The molecular weight excluding hydrogens is 242 g/mol. The molecule has 0 saturated carbocycles. The van der Waals surface area contributed by atoms with Gasteiger partial charge in [0.15, 0.2) is 11.5 Å². The van der Waals surface area contributed by atoms with Gasteiger partial charge in [-0.1, -0.05) is 6.92 Å². The normalized spacial score (nSPS) is 22.2. The molecule has 1 aromatic carbocycles. The molecule has 102 valence electrons. The van der Waals surface area contributed by atoms with Crippen LogP contribution in [-0.2, 0) is 0 Å².